The molecule has 1 amide bonds. The highest BCUT2D eigenvalue weighted by atomic mass is 16.5. The van der Waals surface area contributed by atoms with Crippen LogP contribution in [-0.2, 0) is 4.74 Å². The predicted octanol–water partition coefficient (Wildman–Crippen LogP) is 5.67. The average molecular weight is 490 g/mol. The number of rotatable bonds is 7. The molecule has 0 unspecified atom stereocenters. The average Bonchev–Trinajstić information content (AvgIpc) is 3.29. The number of carbonyl (C=O) groups is 2. The Hall–Kier alpha value is -3.61. The minimum Gasteiger partial charge on any atom is -0.497 e. The van der Waals surface area contributed by atoms with Crippen molar-refractivity contribution in [2.45, 2.75) is 53.0 Å². The zero-order valence-corrected chi connectivity index (χ0v) is 21.7. The summed E-state index contributed by atoms with van der Waals surface area (Å²) in [4.78, 5) is 25.4. The molecule has 1 aromatic heterocycles. The summed E-state index contributed by atoms with van der Waals surface area (Å²) in [6, 6.07) is 16.7. The van der Waals surface area contributed by atoms with Crippen LogP contribution in [0.2, 0.25) is 0 Å². The topological polar surface area (TPSA) is 82.5 Å². The number of carbonyl (C=O) groups excluding carboxylic acids is 2. The summed E-state index contributed by atoms with van der Waals surface area (Å²) in [6.07, 6.45) is 3.17. The van der Waals surface area contributed by atoms with Crippen LogP contribution in [0.3, 0.4) is 0 Å². The minimum atomic E-state index is -0.480. The molecule has 36 heavy (non-hydrogen) atoms. The first-order valence-corrected chi connectivity index (χ1v) is 12.5. The number of aromatic nitrogens is 2. The van der Waals surface area contributed by atoms with E-state index in [-0.39, 0.29) is 29.7 Å². The third kappa shape index (κ3) is 5.78. The molecule has 1 aliphatic carbocycles. The van der Waals surface area contributed by atoms with E-state index in [9.17, 15) is 9.59 Å². The molecule has 2 aromatic carbocycles. The summed E-state index contributed by atoms with van der Waals surface area (Å²) >= 11 is 0. The number of amides is 1. The van der Waals surface area contributed by atoms with E-state index in [0.29, 0.717) is 11.5 Å². The van der Waals surface area contributed by atoms with Crippen molar-refractivity contribution in [1.82, 2.24) is 15.1 Å². The number of nitrogens with one attached hydrogen (secondary N) is 1. The fraction of sp³-hybridized carbons (Fsp3) is 0.414. The number of ether oxygens (including phenoxy) is 2. The van der Waals surface area contributed by atoms with Gasteiger partial charge in [0.25, 0.3) is 5.91 Å². The van der Waals surface area contributed by atoms with Crippen LogP contribution in [0.25, 0.3) is 16.9 Å². The van der Waals surface area contributed by atoms with E-state index >= 15 is 0 Å². The summed E-state index contributed by atoms with van der Waals surface area (Å²) < 4.78 is 12.1. The molecule has 3 aromatic rings. The van der Waals surface area contributed by atoms with Gasteiger partial charge >= 0.3 is 5.97 Å². The molecule has 1 saturated carbocycles. The monoisotopic (exact) mass is 489 g/mol. The highest BCUT2D eigenvalue weighted by molar-refractivity contribution is 5.94. The van der Waals surface area contributed by atoms with Crippen molar-refractivity contribution < 1.29 is 19.1 Å². The van der Waals surface area contributed by atoms with E-state index in [1.807, 2.05) is 36.4 Å². The van der Waals surface area contributed by atoms with Crippen molar-refractivity contribution in [2.75, 3.05) is 13.7 Å². The van der Waals surface area contributed by atoms with Crippen molar-refractivity contribution in [3.05, 3.63) is 65.9 Å². The Morgan fingerprint density at radius 2 is 1.78 bits per heavy atom. The maximum absolute atomic E-state index is 13.0. The lowest BCUT2D eigenvalue weighted by Gasteiger charge is -2.39. The van der Waals surface area contributed by atoms with Gasteiger partial charge < -0.3 is 14.8 Å². The van der Waals surface area contributed by atoms with Crippen LogP contribution >= 0.6 is 0 Å². The molecule has 4 rings (SSSR count). The fourth-order valence-corrected chi connectivity index (χ4v) is 5.33. The summed E-state index contributed by atoms with van der Waals surface area (Å²) in [5, 5.41) is 7.75. The standard InChI is InChI=1S/C29H35N3O4/c1-6-36-28(34)25-16-26(20-9-13-24(35-5)14-10-20)32(31-25)23-11-7-21(8-12-23)27(33)30-22-15-19(2)17-29(3,4)18-22/h7-14,16,19,22H,6,15,17-18H2,1-5H3,(H,30,33)/t19-,22+/m1/s1. The van der Waals surface area contributed by atoms with Gasteiger partial charge in [0, 0.05) is 17.2 Å². The first-order chi connectivity index (χ1) is 17.2. The Labute approximate surface area is 212 Å². The predicted molar refractivity (Wildman–Crippen MR) is 140 cm³/mol. The number of hydrogen-bond acceptors (Lipinski definition) is 5. The maximum Gasteiger partial charge on any atom is 0.358 e. The van der Waals surface area contributed by atoms with Crippen LogP contribution in [0.4, 0.5) is 0 Å². The Bertz CT molecular complexity index is 1210. The largest absolute Gasteiger partial charge is 0.497 e. The molecule has 0 aliphatic heterocycles. The number of nitrogens with zero attached hydrogens (tertiary/aromatic N) is 2. The molecule has 1 N–H and O–H groups in total. The molecule has 1 aliphatic rings. The van der Waals surface area contributed by atoms with Gasteiger partial charge in [0.1, 0.15) is 5.75 Å². The Morgan fingerprint density at radius 3 is 2.39 bits per heavy atom. The summed E-state index contributed by atoms with van der Waals surface area (Å²) in [6.45, 7) is 8.82. The SMILES string of the molecule is CCOC(=O)c1cc(-c2ccc(OC)cc2)n(-c2ccc(C(=O)N[C@H]3C[C@@H](C)CC(C)(C)C3)cc2)n1. The second-order valence-electron chi connectivity index (χ2n) is 10.4. The second-order valence-corrected chi connectivity index (χ2v) is 10.4. The van der Waals surface area contributed by atoms with Gasteiger partial charge in [-0.25, -0.2) is 9.48 Å². The van der Waals surface area contributed by atoms with Crippen LogP contribution in [-0.4, -0.2) is 41.4 Å². The first-order valence-electron chi connectivity index (χ1n) is 12.5. The molecule has 7 heteroatoms. The van der Waals surface area contributed by atoms with E-state index in [1.165, 1.54) is 6.42 Å². The van der Waals surface area contributed by atoms with Crippen LogP contribution in [0.1, 0.15) is 67.8 Å². The van der Waals surface area contributed by atoms with E-state index in [4.69, 9.17) is 9.47 Å². The summed E-state index contributed by atoms with van der Waals surface area (Å²) in [5.74, 6) is 0.777. The lowest BCUT2D eigenvalue weighted by Crippen LogP contribution is -2.42. The summed E-state index contributed by atoms with van der Waals surface area (Å²) in [5.41, 5.74) is 3.39. The zero-order chi connectivity index (χ0) is 25.9. The van der Waals surface area contributed by atoms with E-state index in [2.05, 4.69) is 31.2 Å². The highest BCUT2D eigenvalue weighted by Gasteiger charge is 2.32. The van der Waals surface area contributed by atoms with Gasteiger partial charge in [-0.2, -0.15) is 5.10 Å². The molecular formula is C29H35N3O4. The maximum atomic E-state index is 13.0. The van der Waals surface area contributed by atoms with Crippen molar-refractivity contribution >= 4 is 11.9 Å². The molecule has 1 fully saturated rings. The van der Waals surface area contributed by atoms with Gasteiger partial charge in [0.2, 0.25) is 0 Å². The van der Waals surface area contributed by atoms with E-state index < -0.39 is 5.97 Å². The van der Waals surface area contributed by atoms with Gasteiger partial charge in [-0.3, -0.25) is 4.79 Å². The molecule has 0 spiro atoms. The van der Waals surface area contributed by atoms with Crippen LogP contribution in [0, 0.1) is 11.3 Å². The van der Waals surface area contributed by atoms with Crippen molar-refractivity contribution in [3.63, 3.8) is 0 Å². The van der Waals surface area contributed by atoms with Crippen molar-refractivity contribution in [2.24, 2.45) is 11.3 Å². The van der Waals surface area contributed by atoms with Gasteiger partial charge in [0.15, 0.2) is 5.69 Å². The molecule has 190 valence electrons. The van der Waals surface area contributed by atoms with Crippen LogP contribution in [0.15, 0.2) is 54.6 Å². The lowest BCUT2D eigenvalue weighted by atomic mass is 9.70. The first kappa shape index (κ1) is 25.5. The zero-order valence-electron chi connectivity index (χ0n) is 21.7. The number of esters is 1. The minimum absolute atomic E-state index is 0.0699. The van der Waals surface area contributed by atoms with E-state index in [0.717, 1.165) is 35.5 Å². The van der Waals surface area contributed by atoms with Crippen molar-refractivity contribution in [1.29, 1.82) is 0 Å². The number of benzene rings is 2. The molecule has 0 saturated heterocycles. The van der Waals surface area contributed by atoms with Crippen LogP contribution in [0.5, 0.6) is 5.75 Å². The highest BCUT2D eigenvalue weighted by Crippen LogP contribution is 2.38. The Balaban J connectivity index is 1.59. The Morgan fingerprint density at radius 1 is 1.08 bits per heavy atom. The normalized spacial score (nSPS) is 18.9. The number of methoxy groups -OCH3 is 1. The summed E-state index contributed by atoms with van der Waals surface area (Å²) in [7, 11) is 1.62. The van der Waals surface area contributed by atoms with Gasteiger partial charge in [-0.05, 0) is 92.1 Å². The molecule has 7 nitrogen and oxygen atoms in total. The third-order valence-electron chi connectivity index (χ3n) is 6.68. The smallest absolute Gasteiger partial charge is 0.358 e. The molecule has 2 atom stereocenters. The number of hydrogen-bond donors (Lipinski definition) is 1. The third-order valence-corrected chi connectivity index (χ3v) is 6.68. The second kappa shape index (κ2) is 10.6. The van der Waals surface area contributed by atoms with Gasteiger partial charge in [-0.15, -0.1) is 0 Å². The fourth-order valence-electron chi connectivity index (χ4n) is 5.33. The Kier molecular flexibility index (Phi) is 7.48. The van der Waals surface area contributed by atoms with Gasteiger partial charge in [-0.1, -0.05) is 20.8 Å². The lowest BCUT2D eigenvalue weighted by molar-refractivity contribution is 0.0518. The van der Waals surface area contributed by atoms with Gasteiger partial charge in [0.05, 0.1) is 25.1 Å². The van der Waals surface area contributed by atoms with E-state index in [1.54, 1.807) is 36.9 Å². The van der Waals surface area contributed by atoms with Crippen molar-refractivity contribution in [3.8, 4) is 22.7 Å². The molecule has 1 heterocycles. The molecular weight excluding hydrogens is 454 g/mol. The quantitative estimate of drug-likeness (QED) is 0.433. The molecule has 0 bridgehead atoms. The molecule has 0 radical (unpaired) electrons. The van der Waals surface area contributed by atoms with Crippen LogP contribution < -0.4 is 10.1 Å².